The number of carbonyl (C=O) groups excluding carboxylic acids is 1. The molecule has 1 aromatic carbocycles. The van der Waals surface area contributed by atoms with Crippen LogP contribution in [0.5, 0.6) is 0 Å². The van der Waals surface area contributed by atoms with Gasteiger partial charge in [0, 0.05) is 25.3 Å². The normalized spacial score (nSPS) is 16.8. The molecular formula is C18H28N2O4S. The van der Waals surface area contributed by atoms with Crippen molar-refractivity contribution in [2.24, 2.45) is 0 Å². The van der Waals surface area contributed by atoms with Crippen LogP contribution in [0.25, 0.3) is 0 Å². The molecule has 2 rings (SSSR count). The van der Waals surface area contributed by atoms with Gasteiger partial charge in [0.05, 0.1) is 11.5 Å². The van der Waals surface area contributed by atoms with E-state index in [4.69, 9.17) is 4.74 Å². The summed E-state index contributed by atoms with van der Waals surface area (Å²) >= 11 is 0. The molecule has 0 heterocycles. The molecule has 0 spiro atoms. The van der Waals surface area contributed by atoms with Crippen molar-refractivity contribution in [3.8, 4) is 0 Å². The number of sulfonamides is 1. The van der Waals surface area contributed by atoms with Gasteiger partial charge in [-0.1, -0.05) is 32.1 Å². The van der Waals surface area contributed by atoms with Gasteiger partial charge in [-0.15, -0.1) is 0 Å². The highest BCUT2D eigenvalue weighted by atomic mass is 32.2. The van der Waals surface area contributed by atoms with Gasteiger partial charge in [-0.05, 0) is 37.1 Å². The third kappa shape index (κ3) is 6.41. The van der Waals surface area contributed by atoms with E-state index >= 15 is 0 Å². The smallest absolute Gasteiger partial charge is 0.251 e. The second-order valence-corrected chi connectivity index (χ2v) is 8.20. The van der Waals surface area contributed by atoms with Crippen molar-refractivity contribution in [3.63, 3.8) is 0 Å². The minimum atomic E-state index is -3.57. The van der Waals surface area contributed by atoms with E-state index in [1.807, 2.05) is 0 Å². The molecule has 1 aliphatic carbocycles. The molecule has 7 heteroatoms. The van der Waals surface area contributed by atoms with Crippen LogP contribution in [0.4, 0.5) is 0 Å². The van der Waals surface area contributed by atoms with Gasteiger partial charge >= 0.3 is 0 Å². The number of rotatable bonds is 7. The molecule has 140 valence electrons. The number of ether oxygens (including phenoxy) is 1. The summed E-state index contributed by atoms with van der Waals surface area (Å²) < 4.78 is 31.5. The fourth-order valence-electron chi connectivity index (χ4n) is 3.02. The lowest BCUT2D eigenvalue weighted by molar-refractivity contribution is 0.0930. The summed E-state index contributed by atoms with van der Waals surface area (Å²) in [6.07, 6.45) is 8.08. The summed E-state index contributed by atoms with van der Waals surface area (Å²) in [5.41, 5.74) is 0.484. The fraction of sp³-hybridized carbons (Fsp3) is 0.611. The van der Waals surface area contributed by atoms with E-state index < -0.39 is 10.0 Å². The monoisotopic (exact) mass is 368 g/mol. The summed E-state index contributed by atoms with van der Waals surface area (Å²) in [4.78, 5) is 12.5. The van der Waals surface area contributed by atoms with Crippen LogP contribution in [-0.2, 0) is 14.8 Å². The maximum atomic E-state index is 12.4. The lowest BCUT2D eigenvalue weighted by atomic mass is 9.96. The van der Waals surface area contributed by atoms with E-state index in [0.29, 0.717) is 12.2 Å². The molecule has 6 nitrogen and oxygen atoms in total. The Hall–Kier alpha value is -1.44. The first kappa shape index (κ1) is 19.9. The van der Waals surface area contributed by atoms with Crippen molar-refractivity contribution < 1.29 is 17.9 Å². The van der Waals surface area contributed by atoms with Gasteiger partial charge in [0.1, 0.15) is 0 Å². The van der Waals surface area contributed by atoms with Gasteiger partial charge in [-0.2, -0.15) is 0 Å². The van der Waals surface area contributed by atoms with Crippen LogP contribution in [0.15, 0.2) is 29.2 Å². The third-order valence-electron chi connectivity index (χ3n) is 4.47. The molecule has 1 saturated carbocycles. The van der Waals surface area contributed by atoms with E-state index in [2.05, 4.69) is 10.0 Å². The van der Waals surface area contributed by atoms with Crippen LogP contribution in [0, 0.1) is 0 Å². The summed E-state index contributed by atoms with van der Waals surface area (Å²) in [6, 6.07) is 6.25. The van der Waals surface area contributed by atoms with Crippen molar-refractivity contribution in [1.29, 1.82) is 0 Å². The fourth-order valence-corrected chi connectivity index (χ4v) is 4.03. The van der Waals surface area contributed by atoms with Gasteiger partial charge in [-0.3, -0.25) is 4.79 Å². The molecule has 0 bridgehead atoms. The minimum absolute atomic E-state index is 0.137. The molecule has 0 aromatic heterocycles. The highest BCUT2D eigenvalue weighted by molar-refractivity contribution is 7.89. The molecule has 1 amide bonds. The topological polar surface area (TPSA) is 84.5 Å². The summed E-state index contributed by atoms with van der Waals surface area (Å²) in [6.45, 7) is 0.518. The standard InChI is InChI=1S/C18H28N2O4S/c1-24-14-13-19-25(22,23)17-11-9-15(10-12-17)18(21)20-16-7-5-3-2-4-6-8-16/h9-12,16,19H,2-8,13-14H2,1H3,(H,20,21). The van der Waals surface area contributed by atoms with E-state index in [9.17, 15) is 13.2 Å². The Labute approximate surface area is 150 Å². The molecule has 0 aliphatic heterocycles. The summed E-state index contributed by atoms with van der Waals surface area (Å²) in [7, 11) is -2.06. The number of nitrogens with one attached hydrogen (secondary N) is 2. The number of hydrogen-bond donors (Lipinski definition) is 2. The molecule has 0 atom stereocenters. The zero-order chi connectivity index (χ0) is 18.1. The SMILES string of the molecule is COCCNS(=O)(=O)c1ccc(C(=O)NC2CCCCCCC2)cc1. The Balaban J connectivity index is 1.95. The molecule has 0 radical (unpaired) electrons. The predicted molar refractivity (Wildman–Crippen MR) is 97.1 cm³/mol. The average molecular weight is 368 g/mol. The minimum Gasteiger partial charge on any atom is -0.383 e. The molecule has 1 aliphatic rings. The maximum absolute atomic E-state index is 12.4. The van der Waals surface area contributed by atoms with Gasteiger partial charge in [0.15, 0.2) is 0 Å². The highest BCUT2D eigenvalue weighted by Gasteiger charge is 2.17. The first-order valence-corrected chi connectivity index (χ1v) is 10.4. The number of hydrogen-bond acceptors (Lipinski definition) is 4. The van der Waals surface area contributed by atoms with Crippen LogP contribution in [0.1, 0.15) is 55.3 Å². The zero-order valence-corrected chi connectivity index (χ0v) is 15.6. The van der Waals surface area contributed by atoms with Crippen molar-refractivity contribution >= 4 is 15.9 Å². The van der Waals surface area contributed by atoms with Crippen molar-refractivity contribution in [2.45, 2.75) is 55.9 Å². The maximum Gasteiger partial charge on any atom is 0.251 e. The molecule has 1 aromatic rings. The van der Waals surface area contributed by atoms with Gasteiger partial charge in [0.25, 0.3) is 5.91 Å². The zero-order valence-electron chi connectivity index (χ0n) is 14.8. The van der Waals surface area contributed by atoms with Crippen molar-refractivity contribution in [2.75, 3.05) is 20.3 Å². The van der Waals surface area contributed by atoms with Crippen LogP contribution in [0.3, 0.4) is 0 Å². The number of benzene rings is 1. The van der Waals surface area contributed by atoms with E-state index in [0.717, 1.165) is 25.7 Å². The first-order valence-electron chi connectivity index (χ1n) is 8.92. The number of amides is 1. The van der Waals surface area contributed by atoms with E-state index in [-0.39, 0.29) is 23.4 Å². The number of carbonyl (C=O) groups is 1. The lowest BCUT2D eigenvalue weighted by Gasteiger charge is -2.21. The molecule has 25 heavy (non-hydrogen) atoms. The summed E-state index contributed by atoms with van der Waals surface area (Å²) in [5, 5.41) is 3.08. The molecule has 1 fully saturated rings. The Morgan fingerprint density at radius 2 is 1.68 bits per heavy atom. The van der Waals surface area contributed by atoms with Crippen molar-refractivity contribution in [1.82, 2.24) is 10.0 Å². The summed E-state index contributed by atoms with van der Waals surface area (Å²) in [5.74, 6) is -0.137. The van der Waals surface area contributed by atoms with Gasteiger partial charge in [0.2, 0.25) is 10.0 Å². The van der Waals surface area contributed by atoms with Gasteiger partial charge < -0.3 is 10.1 Å². The molecule has 0 saturated heterocycles. The Morgan fingerprint density at radius 3 is 2.28 bits per heavy atom. The van der Waals surface area contributed by atoms with Crippen molar-refractivity contribution in [3.05, 3.63) is 29.8 Å². The lowest BCUT2D eigenvalue weighted by Crippen LogP contribution is -2.35. The average Bonchev–Trinajstić information content (AvgIpc) is 2.57. The highest BCUT2D eigenvalue weighted by Crippen LogP contribution is 2.18. The Bertz CT molecular complexity index is 636. The Kier molecular flexibility index (Phi) is 7.87. The predicted octanol–water partition coefficient (Wildman–Crippen LogP) is 2.45. The third-order valence-corrected chi connectivity index (χ3v) is 5.94. The second-order valence-electron chi connectivity index (χ2n) is 6.43. The molecule has 2 N–H and O–H groups in total. The van der Waals surface area contributed by atoms with Crippen LogP contribution < -0.4 is 10.0 Å². The Morgan fingerprint density at radius 1 is 1.08 bits per heavy atom. The quantitative estimate of drug-likeness (QED) is 0.724. The van der Waals surface area contributed by atoms with E-state index in [1.165, 1.54) is 38.5 Å². The van der Waals surface area contributed by atoms with Crippen LogP contribution in [-0.4, -0.2) is 40.6 Å². The van der Waals surface area contributed by atoms with Crippen LogP contribution >= 0.6 is 0 Å². The first-order chi connectivity index (χ1) is 12.0. The molecule has 0 unspecified atom stereocenters. The van der Waals surface area contributed by atoms with E-state index in [1.54, 1.807) is 12.1 Å². The second kappa shape index (κ2) is 9.89. The molecular weight excluding hydrogens is 340 g/mol. The number of methoxy groups -OCH3 is 1. The van der Waals surface area contributed by atoms with Crippen LogP contribution in [0.2, 0.25) is 0 Å². The largest absolute Gasteiger partial charge is 0.383 e. The van der Waals surface area contributed by atoms with Gasteiger partial charge in [-0.25, -0.2) is 13.1 Å².